The summed E-state index contributed by atoms with van der Waals surface area (Å²) in [4.78, 5) is 24.3. The largest absolute Gasteiger partial charge is 0.306 e. The van der Waals surface area contributed by atoms with Gasteiger partial charge in [0.2, 0.25) is 5.91 Å². The van der Waals surface area contributed by atoms with E-state index in [4.69, 9.17) is 0 Å². The van der Waals surface area contributed by atoms with Gasteiger partial charge in [-0.15, -0.1) is 0 Å². The molecule has 1 aliphatic rings. The number of pyridine rings is 1. The molecule has 0 radical (unpaired) electrons. The fourth-order valence-electron chi connectivity index (χ4n) is 3.18. The maximum absolute atomic E-state index is 12.4. The van der Waals surface area contributed by atoms with Crippen molar-refractivity contribution >= 4 is 33.1 Å². The first-order valence-electron chi connectivity index (χ1n) is 8.48. The van der Waals surface area contributed by atoms with Crippen LogP contribution in [-0.2, 0) is 4.79 Å². The average molecular weight is 352 g/mol. The van der Waals surface area contributed by atoms with E-state index < -0.39 is 0 Å². The van der Waals surface area contributed by atoms with Crippen molar-refractivity contribution < 1.29 is 4.79 Å². The predicted molar refractivity (Wildman–Crippen MR) is 102 cm³/mol. The van der Waals surface area contributed by atoms with Crippen molar-refractivity contribution in [1.82, 2.24) is 14.9 Å². The molecule has 0 saturated carbocycles. The third kappa shape index (κ3) is 3.55. The van der Waals surface area contributed by atoms with E-state index in [0.717, 1.165) is 47.1 Å². The summed E-state index contributed by atoms with van der Waals surface area (Å²) in [6.45, 7) is 1.96. The molecule has 3 heterocycles. The van der Waals surface area contributed by atoms with E-state index in [9.17, 15) is 4.79 Å². The average Bonchev–Trinajstić information content (AvgIpc) is 3.10. The number of aromatic nitrogens is 2. The van der Waals surface area contributed by atoms with Gasteiger partial charge < -0.3 is 10.2 Å². The number of hydrogen-bond acceptors (Lipinski definition) is 5. The van der Waals surface area contributed by atoms with Gasteiger partial charge in [-0.2, -0.15) is 0 Å². The molecule has 0 unspecified atom stereocenters. The van der Waals surface area contributed by atoms with Gasteiger partial charge in [0.1, 0.15) is 0 Å². The van der Waals surface area contributed by atoms with Crippen LogP contribution in [0, 0.1) is 5.92 Å². The summed E-state index contributed by atoms with van der Waals surface area (Å²) in [5.41, 5.74) is 1.11. The van der Waals surface area contributed by atoms with Gasteiger partial charge in [0.15, 0.2) is 5.13 Å². The molecule has 0 aliphatic carbocycles. The van der Waals surface area contributed by atoms with Gasteiger partial charge in [-0.25, -0.2) is 4.98 Å². The van der Waals surface area contributed by atoms with E-state index in [1.165, 1.54) is 11.3 Å². The topological polar surface area (TPSA) is 58.1 Å². The summed E-state index contributed by atoms with van der Waals surface area (Å²) in [6.07, 6.45) is 7.32. The maximum Gasteiger partial charge on any atom is 0.229 e. The Morgan fingerprint density at radius 1 is 1.20 bits per heavy atom. The quantitative estimate of drug-likeness (QED) is 0.782. The van der Waals surface area contributed by atoms with Gasteiger partial charge >= 0.3 is 0 Å². The van der Waals surface area contributed by atoms with Crippen LogP contribution in [-0.4, -0.2) is 40.9 Å². The Balaban J connectivity index is 1.48. The Bertz CT molecular complexity index is 899. The molecule has 128 valence electrons. The highest BCUT2D eigenvalue weighted by atomic mass is 32.1. The summed E-state index contributed by atoms with van der Waals surface area (Å²) < 4.78 is 0. The van der Waals surface area contributed by atoms with Crippen LogP contribution in [0.4, 0.5) is 5.13 Å². The Morgan fingerprint density at radius 2 is 2.04 bits per heavy atom. The smallest absolute Gasteiger partial charge is 0.229 e. The van der Waals surface area contributed by atoms with Crippen LogP contribution in [0.1, 0.15) is 12.8 Å². The number of rotatable bonds is 3. The zero-order chi connectivity index (χ0) is 17.2. The lowest BCUT2D eigenvalue weighted by molar-refractivity contribution is -0.121. The number of carbonyl (C=O) groups excluding carboxylic acids is 1. The number of carbonyl (C=O) groups is 1. The lowest BCUT2D eigenvalue weighted by Gasteiger charge is -2.27. The zero-order valence-corrected chi connectivity index (χ0v) is 14.9. The van der Waals surface area contributed by atoms with Gasteiger partial charge in [-0.05, 0) is 56.1 Å². The molecule has 1 saturated heterocycles. The number of anilines is 1. The molecule has 0 atom stereocenters. The molecule has 4 rings (SSSR count). The van der Waals surface area contributed by atoms with Crippen molar-refractivity contribution in [2.45, 2.75) is 12.8 Å². The number of nitrogens with one attached hydrogen (secondary N) is 1. The van der Waals surface area contributed by atoms with Crippen molar-refractivity contribution in [3.8, 4) is 10.4 Å². The highest BCUT2D eigenvalue weighted by molar-refractivity contribution is 7.19. The number of piperidine rings is 1. The van der Waals surface area contributed by atoms with E-state index in [-0.39, 0.29) is 11.8 Å². The number of thiazole rings is 1. The van der Waals surface area contributed by atoms with Crippen LogP contribution in [0.2, 0.25) is 0 Å². The van der Waals surface area contributed by atoms with Crippen LogP contribution in [0.25, 0.3) is 21.2 Å². The van der Waals surface area contributed by atoms with E-state index >= 15 is 0 Å². The van der Waals surface area contributed by atoms with Crippen LogP contribution >= 0.6 is 11.3 Å². The second-order valence-electron chi connectivity index (χ2n) is 6.53. The maximum atomic E-state index is 12.4. The van der Waals surface area contributed by atoms with Crippen molar-refractivity contribution in [3.63, 3.8) is 0 Å². The SMILES string of the molecule is CN1CCC(C(=O)Nc2ncc(-c3ccc4cnccc4c3)s2)CC1. The molecule has 1 aliphatic heterocycles. The monoisotopic (exact) mass is 352 g/mol. The van der Waals surface area contributed by atoms with Gasteiger partial charge in [0.25, 0.3) is 0 Å². The first kappa shape index (κ1) is 16.2. The molecule has 1 amide bonds. The van der Waals surface area contributed by atoms with Gasteiger partial charge in [0, 0.05) is 29.9 Å². The summed E-state index contributed by atoms with van der Waals surface area (Å²) in [5.74, 6) is 0.190. The van der Waals surface area contributed by atoms with E-state index in [0.29, 0.717) is 5.13 Å². The van der Waals surface area contributed by atoms with Crippen molar-refractivity contribution in [2.75, 3.05) is 25.5 Å². The number of likely N-dealkylation sites (tertiary alicyclic amines) is 1. The number of fused-ring (bicyclic) bond motifs is 1. The molecule has 6 heteroatoms. The number of hydrogen-bond donors (Lipinski definition) is 1. The molecular weight excluding hydrogens is 332 g/mol. The molecule has 0 bridgehead atoms. The minimum Gasteiger partial charge on any atom is -0.306 e. The Hall–Kier alpha value is -2.31. The van der Waals surface area contributed by atoms with Gasteiger partial charge in [-0.1, -0.05) is 23.5 Å². The molecule has 1 fully saturated rings. The van der Waals surface area contributed by atoms with Crippen molar-refractivity contribution in [2.24, 2.45) is 5.92 Å². The highest BCUT2D eigenvalue weighted by Gasteiger charge is 2.24. The normalized spacial score (nSPS) is 16.2. The van der Waals surface area contributed by atoms with E-state index in [2.05, 4.69) is 45.4 Å². The van der Waals surface area contributed by atoms with Gasteiger partial charge in [0.05, 0.1) is 4.88 Å². The minimum absolute atomic E-state index is 0.0942. The fraction of sp³-hybridized carbons (Fsp3) is 0.316. The molecular formula is C19H20N4OS. The summed E-state index contributed by atoms with van der Waals surface area (Å²) in [5, 5.41) is 5.94. The molecule has 0 spiro atoms. The molecule has 25 heavy (non-hydrogen) atoms. The summed E-state index contributed by atoms with van der Waals surface area (Å²) in [6, 6.07) is 8.27. The Labute approximate surface area is 150 Å². The second kappa shape index (κ2) is 6.90. The molecule has 1 aromatic carbocycles. The number of nitrogens with zero attached hydrogens (tertiary/aromatic N) is 3. The number of amides is 1. The van der Waals surface area contributed by atoms with E-state index in [1.807, 2.05) is 18.5 Å². The Kier molecular flexibility index (Phi) is 4.46. The molecule has 1 N–H and O–H groups in total. The van der Waals surface area contributed by atoms with Crippen molar-refractivity contribution in [3.05, 3.63) is 42.9 Å². The summed E-state index contributed by atoms with van der Waals surface area (Å²) >= 11 is 1.52. The third-order valence-corrected chi connectivity index (χ3v) is 5.71. The molecule has 3 aromatic rings. The first-order valence-corrected chi connectivity index (χ1v) is 9.30. The van der Waals surface area contributed by atoms with Crippen LogP contribution < -0.4 is 5.32 Å². The van der Waals surface area contributed by atoms with Crippen LogP contribution in [0.3, 0.4) is 0 Å². The third-order valence-electron chi connectivity index (χ3n) is 4.75. The Morgan fingerprint density at radius 3 is 2.88 bits per heavy atom. The molecule has 2 aromatic heterocycles. The standard InChI is InChI=1S/C19H20N4OS/c1-23-8-5-13(6-9-23)18(24)22-19-21-12-17(25-19)15-2-3-16-11-20-7-4-14(16)10-15/h2-4,7,10-13H,5-6,8-9H2,1H3,(H,21,22,24). The second-order valence-corrected chi connectivity index (χ2v) is 7.56. The highest BCUT2D eigenvalue weighted by Crippen LogP contribution is 2.31. The predicted octanol–water partition coefficient (Wildman–Crippen LogP) is 3.64. The number of benzene rings is 1. The van der Waals surface area contributed by atoms with Crippen LogP contribution in [0.5, 0.6) is 0 Å². The minimum atomic E-state index is 0.0942. The lowest BCUT2D eigenvalue weighted by Crippen LogP contribution is -2.35. The fourth-order valence-corrected chi connectivity index (χ4v) is 4.00. The van der Waals surface area contributed by atoms with Gasteiger partial charge in [-0.3, -0.25) is 9.78 Å². The first-order chi connectivity index (χ1) is 12.2. The summed E-state index contributed by atoms with van der Waals surface area (Å²) in [7, 11) is 2.10. The van der Waals surface area contributed by atoms with Crippen LogP contribution in [0.15, 0.2) is 42.9 Å². The van der Waals surface area contributed by atoms with E-state index in [1.54, 1.807) is 6.20 Å². The van der Waals surface area contributed by atoms with Crippen molar-refractivity contribution in [1.29, 1.82) is 0 Å². The zero-order valence-electron chi connectivity index (χ0n) is 14.1. The molecule has 5 nitrogen and oxygen atoms in total. The lowest BCUT2D eigenvalue weighted by atomic mass is 9.96.